The van der Waals surface area contributed by atoms with E-state index in [0.29, 0.717) is 0 Å². The molecule has 1 fully saturated rings. The zero-order chi connectivity index (χ0) is 14.7. The lowest BCUT2D eigenvalue weighted by Gasteiger charge is -2.16. The monoisotopic (exact) mass is 287 g/mol. The molecular formula is C17H25N3O. The molecule has 1 N–H and O–H groups in total. The molecule has 0 unspecified atom stereocenters. The molecule has 0 radical (unpaired) electrons. The third kappa shape index (κ3) is 3.27. The number of rotatable bonds is 6. The van der Waals surface area contributed by atoms with Crippen molar-refractivity contribution in [2.24, 2.45) is 0 Å². The fraction of sp³-hybridized carbons (Fsp3) is 0.588. The van der Waals surface area contributed by atoms with Crippen LogP contribution in [-0.4, -0.2) is 45.8 Å². The minimum absolute atomic E-state index is 0.231. The highest BCUT2D eigenvalue weighted by molar-refractivity contribution is 5.76. The van der Waals surface area contributed by atoms with Gasteiger partial charge in [-0.1, -0.05) is 6.07 Å². The molecule has 114 valence electrons. The van der Waals surface area contributed by atoms with Gasteiger partial charge in [0.1, 0.15) is 5.82 Å². The van der Waals surface area contributed by atoms with Crippen LogP contribution in [0.2, 0.25) is 0 Å². The molecule has 2 heterocycles. The van der Waals surface area contributed by atoms with Gasteiger partial charge in [-0.2, -0.15) is 0 Å². The van der Waals surface area contributed by atoms with Gasteiger partial charge in [-0.25, -0.2) is 4.98 Å². The molecule has 2 aromatic rings. The van der Waals surface area contributed by atoms with Crippen LogP contribution in [0.1, 0.15) is 30.7 Å². The summed E-state index contributed by atoms with van der Waals surface area (Å²) in [5, 5.41) is 9.09. The van der Waals surface area contributed by atoms with Crippen molar-refractivity contribution in [3.63, 3.8) is 0 Å². The maximum absolute atomic E-state index is 9.09. The van der Waals surface area contributed by atoms with Crippen LogP contribution < -0.4 is 0 Å². The second-order valence-electron chi connectivity index (χ2n) is 6.05. The van der Waals surface area contributed by atoms with Crippen molar-refractivity contribution >= 4 is 11.0 Å². The Morgan fingerprint density at radius 1 is 1.19 bits per heavy atom. The van der Waals surface area contributed by atoms with E-state index in [4.69, 9.17) is 10.1 Å². The molecule has 0 saturated carbocycles. The van der Waals surface area contributed by atoms with E-state index in [2.05, 4.69) is 34.6 Å². The van der Waals surface area contributed by atoms with E-state index >= 15 is 0 Å². The summed E-state index contributed by atoms with van der Waals surface area (Å²) in [4.78, 5) is 7.33. The number of likely N-dealkylation sites (tertiary alicyclic amines) is 1. The molecule has 0 amide bonds. The van der Waals surface area contributed by atoms with Gasteiger partial charge < -0.3 is 14.6 Å². The number of nitrogens with zero attached hydrogens (tertiary/aromatic N) is 3. The number of hydrogen-bond donors (Lipinski definition) is 1. The van der Waals surface area contributed by atoms with Crippen molar-refractivity contribution in [2.45, 2.75) is 39.2 Å². The third-order valence-corrected chi connectivity index (χ3v) is 4.38. The number of benzene rings is 1. The van der Waals surface area contributed by atoms with Gasteiger partial charge in [0, 0.05) is 26.1 Å². The summed E-state index contributed by atoms with van der Waals surface area (Å²) in [6.45, 7) is 6.91. The van der Waals surface area contributed by atoms with E-state index in [1.807, 2.05) is 0 Å². The number of aromatic nitrogens is 2. The first-order chi connectivity index (χ1) is 10.3. The Labute approximate surface area is 126 Å². The Kier molecular flexibility index (Phi) is 4.56. The number of aliphatic hydroxyl groups is 1. The van der Waals surface area contributed by atoms with Gasteiger partial charge in [-0.3, -0.25) is 0 Å². The normalized spacial score (nSPS) is 16.1. The summed E-state index contributed by atoms with van der Waals surface area (Å²) in [6.07, 6.45) is 4.30. The van der Waals surface area contributed by atoms with Crippen LogP contribution in [0.5, 0.6) is 0 Å². The molecule has 4 heteroatoms. The Morgan fingerprint density at radius 2 is 2.00 bits per heavy atom. The van der Waals surface area contributed by atoms with Gasteiger partial charge in [-0.15, -0.1) is 0 Å². The highest BCUT2D eigenvalue weighted by Gasteiger charge is 2.14. The number of imidazole rings is 1. The number of fused-ring (bicyclic) bond motifs is 1. The summed E-state index contributed by atoms with van der Waals surface area (Å²) < 4.78 is 2.35. The molecule has 0 spiro atoms. The number of hydrogen-bond acceptors (Lipinski definition) is 3. The molecule has 1 aliphatic heterocycles. The molecule has 21 heavy (non-hydrogen) atoms. The zero-order valence-electron chi connectivity index (χ0n) is 12.9. The van der Waals surface area contributed by atoms with Gasteiger partial charge in [0.2, 0.25) is 0 Å². The summed E-state index contributed by atoms with van der Waals surface area (Å²) in [6, 6.07) is 6.50. The van der Waals surface area contributed by atoms with Crippen LogP contribution in [-0.2, 0) is 13.0 Å². The summed E-state index contributed by atoms with van der Waals surface area (Å²) in [7, 11) is 0. The van der Waals surface area contributed by atoms with E-state index < -0.39 is 0 Å². The standard InChI is InChI=1S/C17H25N3O/c1-14-6-7-16-15(13-14)18-17(5-4-12-21)20(16)11-10-19-8-2-3-9-19/h6-7,13,21H,2-5,8-12H2,1H3. The molecule has 3 rings (SSSR count). The SMILES string of the molecule is Cc1ccc2c(c1)nc(CCCO)n2CCN1CCCC1. The lowest BCUT2D eigenvalue weighted by atomic mass is 10.2. The van der Waals surface area contributed by atoms with Gasteiger partial charge in [0.25, 0.3) is 0 Å². The summed E-state index contributed by atoms with van der Waals surface area (Å²) in [5.41, 5.74) is 3.57. The predicted molar refractivity (Wildman–Crippen MR) is 85.6 cm³/mol. The molecule has 1 saturated heterocycles. The predicted octanol–water partition coefficient (Wildman–Crippen LogP) is 2.37. The number of aliphatic hydroxyl groups excluding tert-OH is 1. The van der Waals surface area contributed by atoms with E-state index in [1.165, 1.54) is 37.0 Å². The number of aryl methyl sites for hydroxylation is 2. The minimum Gasteiger partial charge on any atom is -0.396 e. The van der Waals surface area contributed by atoms with Crippen molar-refractivity contribution in [3.8, 4) is 0 Å². The topological polar surface area (TPSA) is 41.3 Å². The maximum atomic E-state index is 9.09. The molecule has 0 aliphatic carbocycles. The van der Waals surface area contributed by atoms with Gasteiger partial charge in [-0.05, 0) is 57.0 Å². The Balaban J connectivity index is 1.84. The fourth-order valence-electron chi connectivity index (χ4n) is 3.21. The van der Waals surface area contributed by atoms with Gasteiger partial charge in [0.15, 0.2) is 0 Å². The van der Waals surface area contributed by atoms with Crippen molar-refractivity contribution in [1.29, 1.82) is 0 Å². The Morgan fingerprint density at radius 3 is 2.76 bits per heavy atom. The lowest BCUT2D eigenvalue weighted by Crippen LogP contribution is -2.24. The van der Waals surface area contributed by atoms with E-state index in [1.54, 1.807) is 0 Å². The molecule has 0 atom stereocenters. The maximum Gasteiger partial charge on any atom is 0.109 e. The Hall–Kier alpha value is -1.39. The van der Waals surface area contributed by atoms with Crippen molar-refractivity contribution in [3.05, 3.63) is 29.6 Å². The molecular weight excluding hydrogens is 262 g/mol. The molecule has 1 aromatic carbocycles. The van der Waals surface area contributed by atoms with Crippen LogP contribution in [0.4, 0.5) is 0 Å². The second kappa shape index (κ2) is 6.58. The fourth-order valence-corrected chi connectivity index (χ4v) is 3.21. The van der Waals surface area contributed by atoms with E-state index in [-0.39, 0.29) is 6.61 Å². The molecule has 0 bridgehead atoms. The van der Waals surface area contributed by atoms with Gasteiger partial charge >= 0.3 is 0 Å². The minimum atomic E-state index is 0.231. The van der Waals surface area contributed by atoms with E-state index in [0.717, 1.165) is 37.3 Å². The molecule has 1 aliphatic rings. The van der Waals surface area contributed by atoms with Crippen molar-refractivity contribution < 1.29 is 5.11 Å². The van der Waals surface area contributed by atoms with Crippen LogP contribution in [0.25, 0.3) is 11.0 Å². The quantitative estimate of drug-likeness (QED) is 0.887. The molecule has 4 nitrogen and oxygen atoms in total. The Bertz CT molecular complexity index is 599. The first-order valence-corrected chi connectivity index (χ1v) is 8.07. The third-order valence-electron chi connectivity index (χ3n) is 4.38. The first-order valence-electron chi connectivity index (χ1n) is 8.07. The average molecular weight is 287 g/mol. The van der Waals surface area contributed by atoms with Gasteiger partial charge in [0.05, 0.1) is 11.0 Å². The van der Waals surface area contributed by atoms with Crippen molar-refractivity contribution in [2.75, 3.05) is 26.2 Å². The van der Waals surface area contributed by atoms with Crippen LogP contribution in [0, 0.1) is 6.92 Å². The highest BCUT2D eigenvalue weighted by Crippen LogP contribution is 2.19. The summed E-state index contributed by atoms with van der Waals surface area (Å²) in [5.74, 6) is 1.11. The summed E-state index contributed by atoms with van der Waals surface area (Å²) >= 11 is 0. The largest absolute Gasteiger partial charge is 0.396 e. The van der Waals surface area contributed by atoms with Crippen LogP contribution in [0.15, 0.2) is 18.2 Å². The average Bonchev–Trinajstić information content (AvgIpc) is 3.09. The van der Waals surface area contributed by atoms with E-state index in [9.17, 15) is 0 Å². The van der Waals surface area contributed by atoms with Crippen LogP contribution >= 0.6 is 0 Å². The smallest absolute Gasteiger partial charge is 0.109 e. The van der Waals surface area contributed by atoms with Crippen LogP contribution in [0.3, 0.4) is 0 Å². The molecule has 1 aromatic heterocycles. The zero-order valence-corrected chi connectivity index (χ0v) is 12.9. The second-order valence-corrected chi connectivity index (χ2v) is 6.05. The highest BCUT2D eigenvalue weighted by atomic mass is 16.2. The first kappa shape index (κ1) is 14.5. The lowest BCUT2D eigenvalue weighted by molar-refractivity contribution is 0.285. The van der Waals surface area contributed by atoms with Crippen molar-refractivity contribution in [1.82, 2.24) is 14.5 Å².